The summed E-state index contributed by atoms with van der Waals surface area (Å²) in [7, 11) is 0. The van der Waals surface area contributed by atoms with Crippen LogP contribution in [-0.2, 0) is 9.59 Å². The lowest BCUT2D eigenvalue weighted by atomic mass is 9.49. The van der Waals surface area contributed by atoms with E-state index < -0.39 is 10.8 Å². The molecule has 1 aliphatic heterocycles. The number of carbonyl (C=O) groups excluding carboxylic acids is 2. The van der Waals surface area contributed by atoms with Gasteiger partial charge in [0.25, 0.3) is 0 Å². The van der Waals surface area contributed by atoms with E-state index in [-0.39, 0.29) is 17.2 Å². The Balaban J connectivity index is 2.18. The first kappa shape index (κ1) is 17.2. The summed E-state index contributed by atoms with van der Waals surface area (Å²) in [5.74, 6) is -0.0821. The molecule has 3 heteroatoms. The zero-order chi connectivity index (χ0) is 17.9. The van der Waals surface area contributed by atoms with Crippen LogP contribution in [0.15, 0.2) is 18.2 Å². The van der Waals surface area contributed by atoms with Gasteiger partial charge in [0, 0.05) is 0 Å². The molecule has 3 nitrogen and oxygen atoms in total. The van der Waals surface area contributed by atoms with Crippen LogP contribution in [0.5, 0.6) is 0 Å². The molecule has 1 spiro atoms. The zero-order valence-corrected chi connectivity index (χ0v) is 15.8. The lowest BCUT2D eigenvalue weighted by Gasteiger charge is -2.58. The molecule has 2 aliphatic rings. The van der Waals surface area contributed by atoms with E-state index in [1.54, 1.807) is 0 Å². The molecular formula is C21H29NO2. The molecule has 0 bridgehead atoms. The lowest BCUT2D eigenvalue weighted by Crippen LogP contribution is -2.67. The monoisotopic (exact) mass is 327 g/mol. The summed E-state index contributed by atoms with van der Waals surface area (Å²) in [5, 5.41) is 0. The molecule has 1 aromatic carbocycles. The highest BCUT2D eigenvalue weighted by molar-refractivity contribution is 6.21. The Bertz CT molecular complexity index is 679. The highest BCUT2D eigenvalue weighted by atomic mass is 16.2. The molecule has 1 saturated heterocycles. The van der Waals surface area contributed by atoms with E-state index in [1.807, 2.05) is 59.7 Å². The molecule has 2 fully saturated rings. The van der Waals surface area contributed by atoms with Gasteiger partial charge >= 0.3 is 0 Å². The summed E-state index contributed by atoms with van der Waals surface area (Å²) in [6, 6.07) is 5.93. The van der Waals surface area contributed by atoms with E-state index in [1.165, 1.54) is 4.90 Å². The second-order valence-electron chi connectivity index (χ2n) is 8.77. The Morgan fingerprint density at radius 1 is 0.875 bits per heavy atom. The van der Waals surface area contributed by atoms with Gasteiger partial charge in [-0.3, -0.25) is 9.59 Å². The second-order valence-corrected chi connectivity index (χ2v) is 8.77. The number of rotatable bonds is 1. The maximum Gasteiger partial charge on any atom is 0.240 e. The van der Waals surface area contributed by atoms with Gasteiger partial charge in [-0.05, 0) is 43.7 Å². The summed E-state index contributed by atoms with van der Waals surface area (Å²) < 4.78 is 0. The first-order chi connectivity index (χ1) is 11.1. The Morgan fingerprint density at radius 3 is 1.83 bits per heavy atom. The molecule has 0 atom stereocenters. The van der Waals surface area contributed by atoms with E-state index in [0.717, 1.165) is 42.5 Å². The van der Waals surface area contributed by atoms with Crippen molar-refractivity contribution in [1.29, 1.82) is 0 Å². The summed E-state index contributed by atoms with van der Waals surface area (Å²) >= 11 is 0. The zero-order valence-electron chi connectivity index (χ0n) is 15.8. The largest absolute Gasteiger partial charge is 0.273 e. The number of benzene rings is 1. The number of amides is 2. The summed E-state index contributed by atoms with van der Waals surface area (Å²) in [6.07, 6.45) is 4.14. The molecular weight excluding hydrogens is 298 g/mol. The smallest absolute Gasteiger partial charge is 0.240 e. The molecule has 1 aromatic rings. The average molecular weight is 327 g/mol. The Kier molecular flexibility index (Phi) is 3.71. The minimum atomic E-state index is -0.543. The fourth-order valence-corrected chi connectivity index (χ4v) is 5.35. The number of nitrogens with zero attached hydrogens (tertiary/aromatic N) is 1. The van der Waals surface area contributed by atoms with Crippen LogP contribution in [0.25, 0.3) is 0 Å². The van der Waals surface area contributed by atoms with E-state index in [4.69, 9.17) is 0 Å². The molecule has 0 radical (unpaired) electrons. The van der Waals surface area contributed by atoms with Gasteiger partial charge in [0.2, 0.25) is 11.8 Å². The second kappa shape index (κ2) is 5.18. The van der Waals surface area contributed by atoms with Crippen molar-refractivity contribution in [3.05, 3.63) is 29.3 Å². The third-order valence-electron chi connectivity index (χ3n) is 6.92. The highest BCUT2D eigenvalue weighted by Crippen LogP contribution is 2.64. The predicted octanol–water partition coefficient (Wildman–Crippen LogP) is 4.79. The van der Waals surface area contributed by atoms with Gasteiger partial charge in [-0.1, -0.05) is 58.2 Å². The molecule has 24 heavy (non-hydrogen) atoms. The van der Waals surface area contributed by atoms with Crippen molar-refractivity contribution < 1.29 is 9.59 Å². The third-order valence-corrected chi connectivity index (χ3v) is 6.92. The van der Waals surface area contributed by atoms with Gasteiger partial charge in [0.1, 0.15) is 0 Å². The summed E-state index contributed by atoms with van der Waals surface area (Å²) in [4.78, 5) is 28.4. The number of aryl methyl sites for hydroxylation is 2. The Hall–Kier alpha value is -1.64. The number of carbonyl (C=O) groups is 2. The summed E-state index contributed by atoms with van der Waals surface area (Å²) in [6.45, 7) is 12.2. The summed E-state index contributed by atoms with van der Waals surface area (Å²) in [5.41, 5.74) is 1.54. The minimum Gasteiger partial charge on any atom is -0.273 e. The van der Waals surface area contributed by atoms with Crippen LogP contribution in [-0.4, -0.2) is 11.8 Å². The number of imide groups is 1. The molecule has 1 aliphatic carbocycles. The molecule has 1 saturated carbocycles. The van der Waals surface area contributed by atoms with E-state index in [0.29, 0.717) is 0 Å². The van der Waals surface area contributed by atoms with Crippen molar-refractivity contribution in [2.45, 2.75) is 67.2 Å². The fourth-order valence-electron chi connectivity index (χ4n) is 5.35. The molecule has 0 N–H and O–H groups in total. The van der Waals surface area contributed by atoms with Crippen molar-refractivity contribution in [3.8, 4) is 0 Å². The van der Waals surface area contributed by atoms with Gasteiger partial charge in [-0.2, -0.15) is 0 Å². The standard InChI is InChI=1S/C21H29NO2/c1-14-9-10-16(15(2)13-14)22-17(23)19(3,4)21(11-7-8-12-21)20(5,6)18(22)24/h9-10,13H,7-8,11-12H2,1-6H3. The topological polar surface area (TPSA) is 37.4 Å². The van der Waals surface area contributed by atoms with Crippen molar-refractivity contribution in [3.63, 3.8) is 0 Å². The van der Waals surface area contributed by atoms with Gasteiger partial charge < -0.3 is 0 Å². The van der Waals surface area contributed by atoms with Gasteiger partial charge in [0.15, 0.2) is 0 Å². The van der Waals surface area contributed by atoms with Gasteiger partial charge in [0.05, 0.1) is 16.5 Å². The lowest BCUT2D eigenvalue weighted by molar-refractivity contribution is -0.164. The van der Waals surface area contributed by atoms with Crippen LogP contribution >= 0.6 is 0 Å². The molecule has 0 unspecified atom stereocenters. The number of anilines is 1. The van der Waals surface area contributed by atoms with Crippen molar-refractivity contribution >= 4 is 17.5 Å². The minimum absolute atomic E-state index is 0.0410. The third kappa shape index (κ3) is 1.96. The first-order valence-electron chi connectivity index (χ1n) is 9.02. The molecule has 2 amide bonds. The van der Waals surface area contributed by atoms with E-state index >= 15 is 0 Å². The van der Waals surface area contributed by atoms with Crippen molar-refractivity contribution in [2.75, 3.05) is 4.90 Å². The van der Waals surface area contributed by atoms with Crippen LogP contribution in [0.2, 0.25) is 0 Å². The maximum absolute atomic E-state index is 13.4. The van der Waals surface area contributed by atoms with Gasteiger partial charge in [-0.15, -0.1) is 0 Å². The molecule has 1 heterocycles. The number of piperidine rings is 1. The number of hydrogen-bond acceptors (Lipinski definition) is 2. The predicted molar refractivity (Wildman–Crippen MR) is 96.9 cm³/mol. The molecule has 130 valence electrons. The van der Waals surface area contributed by atoms with E-state index in [2.05, 4.69) is 0 Å². The SMILES string of the molecule is Cc1ccc(N2C(=O)C(C)(C)C3(CCCC3)C(C)(C)C2=O)c(C)c1. The molecule has 3 rings (SSSR count). The van der Waals surface area contributed by atoms with Crippen molar-refractivity contribution in [2.24, 2.45) is 16.2 Å². The van der Waals surface area contributed by atoms with Crippen LogP contribution in [0.1, 0.15) is 64.5 Å². The van der Waals surface area contributed by atoms with Crippen LogP contribution in [0, 0.1) is 30.1 Å². The average Bonchev–Trinajstić information content (AvgIpc) is 3.00. The van der Waals surface area contributed by atoms with Crippen LogP contribution < -0.4 is 4.90 Å². The quantitative estimate of drug-likeness (QED) is 0.696. The first-order valence-corrected chi connectivity index (χ1v) is 9.02. The fraction of sp³-hybridized carbons (Fsp3) is 0.619. The normalized spacial score (nSPS) is 24.7. The maximum atomic E-state index is 13.4. The van der Waals surface area contributed by atoms with Crippen molar-refractivity contribution in [1.82, 2.24) is 0 Å². The number of hydrogen-bond donors (Lipinski definition) is 0. The Morgan fingerprint density at radius 2 is 1.38 bits per heavy atom. The Labute approximate surface area is 145 Å². The van der Waals surface area contributed by atoms with Crippen LogP contribution in [0.3, 0.4) is 0 Å². The highest BCUT2D eigenvalue weighted by Gasteiger charge is 2.67. The van der Waals surface area contributed by atoms with Gasteiger partial charge in [-0.25, -0.2) is 4.90 Å². The van der Waals surface area contributed by atoms with E-state index in [9.17, 15) is 9.59 Å². The molecule has 0 aromatic heterocycles. The van der Waals surface area contributed by atoms with Crippen LogP contribution in [0.4, 0.5) is 5.69 Å².